The number of nitrogens with one attached hydrogen (secondary N) is 1. The van der Waals surface area contributed by atoms with Gasteiger partial charge in [0, 0.05) is 12.0 Å². The number of halogens is 3. The van der Waals surface area contributed by atoms with Crippen molar-refractivity contribution in [3.63, 3.8) is 0 Å². The molecule has 2 aliphatic rings. The summed E-state index contributed by atoms with van der Waals surface area (Å²) in [6.45, 7) is 4.32. The lowest BCUT2D eigenvalue weighted by molar-refractivity contribution is -0.201. The molecular formula is C15H22F3N3O2. The van der Waals surface area contributed by atoms with Crippen molar-refractivity contribution in [3.8, 4) is 0 Å². The zero-order valence-electron chi connectivity index (χ0n) is 13.5. The third kappa shape index (κ3) is 3.07. The number of hydrogen-bond donors (Lipinski definition) is 1. The lowest BCUT2D eigenvalue weighted by Gasteiger charge is -2.34. The summed E-state index contributed by atoms with van der Waals surface area (Å²) in [5.41, 5.74) is -3.18. The number of rotatable bonds is 3. The standard InChI is InChI=1S/C15H22F3N3O2/c1-9(2)12(22)20-14(15(16,17)18)13(23)21(10(3)19-14)11-7-5-4-6-8-11/h9,11H,4-8H2,1-3H3,(H,20,22). The smallest absolute Gasteiger partial charge is 0.316 e. The van der Waals surface area contributed by atoms with E-state index in [4.69, 9.17) is 0 Å². The maximum atomic E-state index is 13.6. The molecule has 2 rings (SSSR count). The van der Waals surface area contributed by atoms with Gasteiger partial charge in [0.05, 0.1) is 0 Å². The topological polar surface area (TPSA) is 61.8 Å². The summed E-state index contributed by atoms with van der Waals surface area (Å²) in [7, 11) is 0. The Kier molecular flexibility index (Phi) is 4.73. The molecular weight excluding hydrogens is 311 g/mol. The number of nitrogens with zero attached hydrogens (tertiary/aromatic N) is 2. The number of amides is 2. The Balaban J connectivity index is 2.36. The summed E-state index contributed by atoms with van der Waals surface area (Å²) >= 11 is 0. The van der Waals surface area contributed by atoms with E-state index in [2.05, 4.69) is 4.99 Å². The fraction of sp³-hybridized carbons (Fsp3) is 0.800. The van der Waals surface area contributed by atoms with Gasteiger partial charge in [-0.2, -0.15) is 13.2 Å². The number of alkyl halides is 3. The summed E-state index contributed by atoms with van der Waals surface area (Å²) in [4.78, 5) is 29.2. The first-order valence-corrected chi connectivity index (χ1v) is 7.89. The van der Waals surface area contributed by atoms with E-state index in [0.29, 0.717) is 12.8 Å². The number of carbonyl (C=O) groups excluding carboxylic acids is 2. The SMILES string of the molecule is CC1=NC(NC(=O)C(C)C)(C(F)(F)F)C(=O)N1C1CCCCC1. The second kappa shape index (κ2) is 6.13. The monoisotopic (exact) mass is 333 g/mol. The van der Waals surface area contributed by atoms with Crippen LogP contribution >= 0.6 is 0 Å². The van der Waals surface area contributed by atoms with Gasteiger partial charge >= 0.3 is 11.8 Å². The van der Waals surface area contributed by atoms with Crippen LogP contribution in [0.4, 0.5) is 13.2 Å². The van der Waals surface area contributed by atoms with E-state index in [-0.39, 0.29) is 11.9 Å². The molecule has 0 aromatic carbocycles. The highest BCUT2D eigenvalue weighted by molar-refractivity contribution is 6.09. The van der Waals surface area contributed by atoms with Crippen LogP contribution in [-0.4, -0.2) is 40.4 Å². The van der Waals surface area contributed by atoms with Crippen LogP contribution < -0.4 is 5.32 Å². The highest BCUT2D eigenvalue weighted by Crippen LogP contribution is 2.39. The van der Waals surface area contributed by atoms with Gasteiger partial charge < -0.3 is 5.32 Å². The van der Waals surface area contributed by atoms with Crippen molar-refractivity contribution in [1.29, 1.82) is 0 Å². The van der Waals surface area contributed by atoms with Gasteiger partial charge in [-0.1, -0.05) is 33.1 Å². The first-order chi connectivity index (χ1) is 10.6. The molecule has 2 amide bonds. The van der Waals surface area contributed by atoms with Gasteiger partial charge in [-0.05, 0) is 19.8 Å². The quantitative estimate of drug-likeness (QED) is 0.863. The van der Waals surface area contributed by atoms with Gasteiger partial charge in [-0.25, -0.2) is 4.99 Å². The van der Waals surface area contributed by atoms with Crippen molar-refractivity contribution in [3.05, 3.63) is 0 Å². The van der Waals surface area contributed by atoms with E-state index < -0.39 is 29.6 Å². The normalized spacial score (nSPS) is 26.7. The van der Waals surface area contributed by atoms with Crippen molar-refractivity contribution in [2.24, 2.45) is 10.9 Å². The van der Waals surface area contributed by atoms with Crippen LogP contribution in [0.2, 0.25) is 0 Å². The van der Waals surface area contributed by atoms with E-state index in [1.54, 1.807) is 0 Å². The van der Waals surface area contributed by atoms with Crippen LogP contribution in [0.25, 0.3) is 0 Å². The molecule has 1 aliphatic heterocycles. The molecule has 1 unspecified atom stereocenters. The number of carbonyl (C=O) groups is 2. The summed E-state index contributed by atoms with van der Waals surface area (Å²) in [5, 5.41) is 1.84. The minimum atomic E-state index is -4.99. The largest absolute Gasteiger partial charge is 0.442 e. The fourth-order valence-corrected chi connectivity index (χ4v) is 3.09. The predicted molar refractivity (Wildman–Crippen MR) is 78.6 cm³/mol. The lowest BCUT2D eigenvalue weighted by atomic mass is 9.93. The van der Waals surface area contributed by atoms with Crippen molar-refractivity contribution < 1.29 is 22.8 Å². The molecule has 8 heteroatoms. The molecule has 1 atom stereocenters. The molecule has 1 saturated carbocycles. The average Bonchev–Trinajstić information content (AvgIpc) is 2.71. The van der Waals surface area contributed by atoms with Crippen molar-refractivity contribution >= 4 is 17.6 Å². The zero-order valence-corrected chi connectivity index (χ0v) is 13.5. The summed E-state index contributed by atoms with van der Waals surface area (Å²) in [6.07, 6.45) is -0.907. The first kappa shape index (κ1) is 17.7. The molecule has 0 bridgehead atoms. The molecule has 0 radical (unpaired) electrons. The van der Waals surface area contributed by atoms with Crippen LogP contribution in [0.15, 0.2) is 4.99 Å². The van der Waals surface area contributed by atoms with Gasteiger partial charge in [-0.15, -0.1) is 0 Å². The van der Waals surface area contributed by atoms with Crippen LogP contribution in [0.1, 0.15) is 52.9 Å². The molecule has 0 aromatic heterocycles. The lowest BCUT2D eigenvalue weighted by Crippen LogP contribution is -2.64. The maximum absolute atomic E-state index is 13.6. The average molecular weight is 333 g/mol. The molecule has 130 valence electrons. The molecule has 1 fully saturated rings. The predicted octanol–water partition coefficient (Wildman–Crippen LogP) is 2.61. The van der Waals surface area contributed by atoms with Gasteiger partial charge in [0.1, 0.15) is 5.84 Å². The first-order valence-electron chi connectivity index (χ1n) is 7.89. The molecule has 0 spiro atoms. The van der Waals surface area contributed by atoms with E-state index in [0.717, 1.165) is 24.2 Å². The van der Waals surface area contributed by atoms with Gasteiger partial charge in [0.25, 0.3) is 5.91 Å². The molecule has 1 heterocycles. The molecule has 0 aromatic rings. The van der Waals surface area contributed by atoms with Crippen LogP contribution in [0.5, 0.6) is 0 Å². The Labute approximate surface area is 133 Å². The molecule has 1 aliphatic carbocycles. The Bertz CT molecular complexity index is 525. The molecule has 5 nitrogen and oxygen atoms in total. The minimum absolute atomic E-state index is 0.0169. The second-order valence-corrected chi connectivity index (χ2v) is 6.48. The Morgan fingerprint density at radius 2 is 1.87 bits per heavy atom. The number of amidine groups is 1. The number of aliphatic imine (C=N–C) groups is 1. The molecule has 0 saturated heterocycles. The maximum Gasteiger partial charge on any atom is 0.442 e. The fourth-order valence-electron chi connectivity index (χ4n) is 3.09. The van der Waals surface area contributed by atoms with Crippen molar-refractivity contribution in [2.75, 3.05) is 0 Å². The third-order valence-corrected chi connectivity index (χ3v) is 4.39. The van der Waals surface area contributed by atoms with Gasteiger partial charge in [-0.3, -0.25) is 14.5 Å². The Morgan fingerprint density at radius 3 is 2.35 bits per heavy atom. The van der Waals surface area contributed by atoms with Gasteiger partial charge in [0.2, 0.25) is 5.91 Å². The summed E-state index contributed by atoms with van der Waals surface area (Å²) in [6, 6.07) is -0.278. The van der Waals surface area contributed by atoms with E-state index in [1.165, 1.54) is 20.8 Å². The van der Waals surface area contributed by atoms with Crippen molar-refractivity contribution in [2.45, 2.75) is 70.8 Å². The Hall–Kier alpha value is -1.60. The Morgan fingerprint density at radius 1 is 1.30 bits per heavy atom. The van der Waals surface area contributed by atoms with E-state index in [9.17, 15) is 22.8 Å². The van der Waals surface area contributed by atoms with Crippen molar-refractivity contribution in [1.82, 2.24) is 10.2 Å². The van der Waals surface area contributed by atoms with E-state index >= 15 is 0 Å². The second-order valence-electron chi connectivity index (χ2n) is 6.48. The molecule has 1 N–H and O–H groups in total. The highest BCUT2D eigenvalue weighted by Gasteiger charge is 2.67. The van der Waals surface area contributed by atoms with Crippen LogP contribution in [0, 0.1) is 5.92 Å². The third-order valence-electron chi connectivity index (χ3n) is 4.39. The van der Waals surface area contributed by atoms with Crippen LogP contribution in [0.3, 0.4) is 0 Å². The highest BCUT2D eigenvalue weighted by atomic mass is 19.4. The van der Waals surface area contributed by atoms with E-state index in [1.807, 2.05) is 5.32 Å². The minimum Gasteiger partial charge on any atom is -0.316 e. The zero-order chi connectivity index (χ0) is 17.4. The summed E-state index contributed by atoms with van der Waals surface area (Å²) in [5.74, 6) is -2.70. The number of hydrogen-bond acceptors (Lipinski definition) is 3. The van der Waals surface area contributed by atoms with Gasteiger partial charge in [0.15, 0.2) is 0 Å². The van der Waals surface area contributed by atoms with Crippen LogP contribution in [-0.2, 0) is 9.59 Å². The summed E-state index contributed by atoms with van der Waals surface area (Å²) < 4.78 is 40.9. The molecule has 23 heavy (non-hydrogen) atoms.